The quantitative estimate of drug-likeness (QED) is 0.251. The summed E-state index contributed by atoms with van der Waals surface area (Å²) in [5.41, 5.74) is 3.97. The summed E-state index contributed by atoms with van der Waals surface area (Å²) < 4.78 is 18.6. The summed E-state index contributed by atoms with van der Waals surface area (Å²) in [5.74, 6) is 2.28. The van der Waals surface area contributed by atoms with Gasteiger partial charge in [0, 0.05) is 22.7 Å². The summed E-state index contributed by atoms with van der Waals surface area (Å²) in [7, 11) is 4.86. The number of carbonyl (C=O) groups excluding carboxylic acids is 2. The van der Waals surface area contributed by atoms with Gasteiger partial charge in [0.05, 0.1) is 43.7 Å². The molecule has 2 unspecified atom stereocenters. The number of nitrogens with one attached hydrogen (secondary N) is 1. The van der Waals surface area contributed by atoms with Gasteiger partial charge in [0.15, 0.2) is 0 Å². The van der Waals surface area contributed by atoms with Gasteiger partial charge in [0.2, 0.25) is 11.8 Å². The molecule has 0 fully saturated rings. The molecule has 0 saturated heterocycles. The molecule has 1 aromatic heterocycles. The van der Waals surface area contributed by atoms with E-state index >= 15 is 0 Å². The first-order chi connectivity index (χ1) is 20.9. The molecule has 9 nitrogen and oxygen atoms in total. The lowest BCUT2D eigenvalue weighted by molar-refractivity contribution is -0.123. The van der Waals surface area contributed by atoms with Crippen molar-refractivity contribution >= 4 is 29.4 Å². The zero-order valence-corrected chi connectivity index (χ0v) is 25.8. The largest absolute Gasteiger partial charge is 0.497 e. The van der Waals surface area contributed by atoms with Gasteiger partial charge in [-0.05, 0) is 55.8 Å². The Morgan fingerprint density at radius 2 is 1.70 bits per heavy atom. The minimum Gasteiger partial charge on any atom is -0.497 e. The number of anilines is 1. The van der Waals surface area contributed by atoms with Gasteiger partial charge in [-0.1, -0.05) is 37.3 Å². The van der Waals surface area contributed by atoms with Crippen LogP contribution in [0.15, 0.2) is 72.8 Å². The normalized spacial score (nSPS) is 15.3. The minimum atomic E-state index is -0.367. The van der Waals surface area contributed by atoms with Crippen LogP contribution in [0.4, 0.5) is 5.82 Å². The molecule has 0 bridgehead atoms. The maximum absolute atomic E-state index is 14.0. The van der Waals surface area contributed by atoms with E-state index in [1.807, 2.05) is 86.6 Å². The molecule has 1 aliphatic rings. The third kappa shape index (κ3) is 6.19. The molecule has 0 spiro atoms. The van der Waals surface area contributed by atoms with Gasteiger partial charge in [-0.3, -0.25) is 14.5 Å². The molecule has 2 heterocycles. The lowest BCUT2D eigenvalue weighted by Gasteiger charge is -2.24. The van der Waals surface area contributed by atoms with Crippen LogP contribution in [0.1, 0.15) is 36.6 Å². The summed E-state index contributed by atoms with van der Waals surface area (Å²) in [4.78, 5) is 28.8. The topological polar surface area (TPSA) is 94.9 Å². The number of rotatable bonds is 10. The number of methoxy groups -OCH3 is 3. The van der Waals surface area contributed by atoms with Gasteiger partial charge in [-0.2, -0.15) is 5.10 Å². The molecule has 10 heteroatoms. The first-order valence-electron chi connectivity index (χ1n) is 14.1. The second-order valence-electron chi connectivity index (χ2n) is 10.2. The molecule has 2 amide bonds. The molecule has 5 rings (SSSR count). The first-order valence-corrected chi connectivity index (χ1v) is 15.2. The third-order valence-corrected chi connectivity index (χ3v) is 8.73. The molecule has 0 saturated carbocycles. The van der Waals surface area contributed by atoms with E-state index in [0.29, 0.717) is 28.8 Å². The minimum absolute atomic E-state index is 0.0244. The van der Waals surface area contributed by atoms with Crippen LogP contribution in [-0.2, 0) is 9.59 Å². The molecule has 4 aromatic rings. The highest BCUT2D eigenvalue weighted by molar-refractivity contribution is 8.00. The average Bonchev–Trinajstić information content (AvgIpc) is 3.37. The average molecular weight is 601 g/mol. The molecule has 0 aliphatic carbocycles. The van der Waals surface area contributed by atoms with E-state index in [9.17, 15) is 9.59 Å². The van der Waals surface area contributed by atoms with Crippen molar-refractivity contribution in [3.63, 3.8) is 0 Å². The molecule has 2 atom stereocenters. The predicted octanol–water partition coefficient (Wildman–Crippen LogP) is 5.65. The predicted molar refractivity (Wildman–Crippen MR) is 170 cm³/mol. The number of nitrogens with zero attached hydrogens (tertiary/aromatic N) is 3. The van der Waals surface area contributed by atoms with Crippen molar-refractivity contribution in [2.45, 2.75) is 31.6 Å². The summed E-state index contributed by atoms with van der Waals surface area (Å²) in [5, 5.41) is 7.79. The molecule has 1 aliphatic heterocycles. The summed E-state index contributed by atoms with van der Waals surface area (Å²) in [6, 6.07) is 23.0. The van der Waals surface area contributed by atoms with E-state index in [1.165, 1.54) is 11.8 Å². The van der Waals surface area contributed by atoms with Crippen molar-refractivity contribution in [1.29, 1.82) is 0 Å². The van der Waals surface area contributed by atoms with Crippen LogP contribution in [0.2, 0.25) is 0 Å². The standard InChI is InChI=1S/C33H36N4O5S/c1-6-21(2)34-28(38)19-36-29(39)20-43-32(26-18-25(41-4)16-17-27(26)42-5)30-31(22-10-8-7-9-11-22)35-37(33(30)36)23-12-14-24(40-3)15-13-23/h7-18,21,32H,6,19-20H2,1-5H3,(H,34,38). The number of carbonyl (C=O) groups is 2. The Morgan fingerprint density at radius 1 is 1.00 bits per heavy atom. The Kier molecular flexibility index (Phi) is 9.25. The number of fused-ring (bicyclic) bond motifs is 1. The van der Waals surface area contributed by atoms with Crippen LogP contribution in [0, 0.1) is 0 Å². The van der Waals surface area contributed by atoms with Crippen LogP contribution >= 0.6 is 11.8 Å². The van der Waals surface area contributed by atoms with Gasteiger partial charge >= 0.3 is 0 Å². The van der Waals surface area contributed by atoms with Crippen molar-refractivity contribution in [3.8, 4) is 34.2 Å². The van der Waals surface area contributed by atoms with Crippen molar-refractivity contribution in [3.05, 3.63) is 83.9 Å². The fraction of sp³-hybridized carbons (Fsp3) is 0.303. The Labute approximate surface area is 256 Å². The lowest BCUT2D eigenvalue weighted by Crippen LogP contribution is -2.44. The summed E-state index contributed by atoms with van der Waals surface area (Å²) >= 11 is 1.48. The number of hydrogen-bond donors (Lipinski definition) is 1. The maximum Gasteiger partial charge on any atom is 0.240 e. The molecule has 3 aromatic carbocycles. The fourth-order valence-corrected chi connectivity index (χ4v) is 6.30. The molecular formula is C33H36N4O5S. The monoisotopic (exact) mass is 600 g/mol. The summed E-state index contributed by atoms with van der Waals surface area (Å²) in [6.07, 6.45) is 0.778. The zero-order chi connectivity index (χ0) is 30.5. The van der Waals surface area contributed by atoms with Crippen LogP contribution < -0.4 is 24.4 Å². The SMILES string of the molecule is CCC(C)NC(=O)CN1C(=O)CSC(c2cc(OC)ccc2OC)c2c(-c3ccccc3)nn(-c3ccc(OC)cc3)c21. The van der Waals surface area contributed by atoms with Gasteiger partial charge in [0.25, 0.3) is 0 Å². The Bertz CT molecular complexity index is 1590. The Morgan fingerprint density at radius 3 is 2.35 bits per heavy atom. The fourth-order valence-electron chi connectivity index (χ4n) is 5.09. The van der Waals surface area contributed by atoms with Crippen molar-refractivity contribution in [2.75, 3.05) is 38.5 Å². The van der Waals surface area contributed by atoms with E-state index < -0.39 is 0 Å². The van der Waals surface area contributed by atoms with E-state index in [1.54, 1.807) is 30.9 Å². The summed E-state index contributed by atoms with van der Waals surface area (Å²) in [6.45, 7) is 3.81. The number of hydrogen-bond acceptors (Lipinski definition) is 7. The zero-order valence-electron chi connectivity index (χ0n) is 25.0. The van der Waals surface area contributed by atoms with Crippen LogP contribution in [0.25, 0.3) is 16.9 Å². The van der Waals surface area contributed by atoms with E-state index in [4.69, 9.17) is 19.3 Å². The third-order valence-electron chi connectivity index (χ3n) is 7.49. The number of amides is 2. The molecule has 43 heavy (non-hydrogen) atoms. The number of benzene rings is 3. The van der Waals surface area contributed by atoms with Crippen molar-refractivity contribution < 1.29 is 23.8 Å². The number of ether oxygens (including phenoxy) is 3. The molecule has 224 valence electrons. The second-order valence-corrected chi connectivity index (χ2v) is 11.3. The highest BCUT2D eigenvalue weighted by Gasteiger charge is 2.39. The first kappa shape index (κ1) is 30.0. The maximum atomic E-state index is 14.0. The van der Waals surface area contributed by atoms with E-state index in [2.05, 4.69) is 5.32 Å². The molecule has 0 radical (unpaired) electrons. The highest BCUT2D eigenvalue weighted by atomic mass is 32.2. The Balaban J connectivity index is 1.81. The van der Waals surface area contributed by atoms with Gasteiger partial charge in [-0.15, -0.1) is 11.8 Å². The second kappa shape index (κ2) is 13.2. The highest BCUT2D eigenvalue weighted by Crippen LogP contribution is 2.51. The Hall–Kier alpha value is -4.44. The van der Waals surface area contributed by atoms with Crippen molar-refractivity contribution in [2.24, 2.45) is 0 Å². The smallest absolute Gasteiger partial charge is 0.240 e. The molecular weight excluding hydrogens is 564 g/mol. The van der Waals surface area contributed by atoms with Crippen molar-refractivity contribution in [1.82, 2.24) is 15.1 Å². The number of thioether (sulfide) groups is 1. The number of aromatic nitrogens is 2. The van der Waals surface area contributed by atoms with E-state index in [0.717, 1.165) is 28.8 Å². The molecule has 1 N–H and O–H groups in total. The van der Waals surface area contributed by atoms with Gasteiger partial charge < -0.3 is 19.5 Å². The van der Waals surface area contributed by atoms with E-state index in [-0.39, 0.29) is 35.4 Å². The van der Waals surface area contributed by atoms with Crippen LogP contribution in [0.3, 0.4) is 0 Å². The van der Waals surface area contributed by atoms with Gasteiger partial charge in [0.1, 0.15) is 29.6 Å². The lowest BCUT2D eigenvalue weighted by atomic mass is 9.98. The van der Waals surface area contributed by atoms with Crippen LogP contribution in [0.5, 0.6) is 17.2 Å². The van der Waals surface area contributed by atoms with Gasteiger partial charge in [-0.25, -0.2) is 4.68 Å². The van der Waals surface area contributed by atoms with Crippen LogP contribution in [-0.4, -0.2) is 61.3 Å².